The molecule has 19 heavy (non-hydrogen) atoms. The van der Waals surface area contributed by atoms with Gasteiger partial charge in [-0.1, -0.05) is 6.42 Å². The summed E-state index contributed by atoms with van der Waals surface area (Å²) in [5.74, 6) is -0.600. The molecule has 1 aliphatic heterocycles. The number of hydrogen-bond acceptors (Lipinski definition) is 4. The number of esters is 1. The molecule has 5 nitrogen and oxygen atoms in total. The molecule has 0 spiro atoms. The van der Waals surface area contributed by atoms with Gasteiger partial charge in [0, 0.05) is 31.5 Å². The van der Waals surface area contributed by atoms with E-state index in [-0.39, 0.29) is 24.2 Å². The van der Waals surface area contributed by atoms with Crippen LogP contribution in [0.2, 0.25) is 0 Å². The zero-order valence-corrected chi connectivity index (χ0v) is 11.6. The van der Waals surface area contributed by atoms with Crippen LogP contribution in [0.5, 0.6) is 0 Å². The maximum absolute atomic E-state index is 11.9. The molecule has 1 aliphatic rings. The van der Waals surface area contributed by atoms with Crippen molar-refractivity contribution < 1.29 is 19.1 Å². The van der Waals surface area contributed by atoms with Crippen LogP contribution in [0.15, 0.2) is 12.2 Å². The minimum Gasteiger partial charge on any atom is -0.466 e. The zero-order valence-electron chi connectivity index (χ0n) is 11.6. The first-order valence-electron chi connectivity index (χ1n) is 6.63. The Kier molecular flexibility index (Phi) is 6.25. The van der Waals surface area contributed by atoms with E-state index in [0.717, 1.165) is 25.3 Å². The number of amides is 1. The van der Waals surface area contributed by atoms with Crippen LogP contribution in [0.25, 0.3) is 0 Å². The predicted molar refractivity (Wildman–Crippen MR) is 70.4 cm³/mol. The van der Waals surface area contributed by atoms with Gasteiger partial charge in [-0.25, -0.2) is 4.79 Å². The third-order valence-electron chi connectivity index (χ3n) is 3.25. The average Bonchev–Trinajstić information content (AvgIpc) is 2.60. The van der Waals surface area contributed by atoms with Crippen molar-refractivity contribution in [3.8, 4) is 0 Å². The van der Waals surface area contributed by atoms with Crippen LogP contribution in [0.3, 0.4) is 0 Å². The van der Waals surface area contributed by atoms with E-state index in [1.807, 2.05) is 6.92 Å². The van der Waals surface area contributed by atoms with Gasteiger partial charge in [0.2, 0.25) is 5.91 Å². The van der Waals surface area contributed by atoms with Gasteiger partial charge in [0.15, 0.2) is 5.78 Å². The van der Waals surface area contributed by atoms with Crippen molar-refractivity contribution in [3.63, 3.8) is 0 Å². The maximum Gasteiger partial charge on any atom is 0.330 e. The molecule has 0 aromatic heterocycles. The average molecular weight is 267 g/mol. The van der Waals surface area contributed by atoms with E-state index in [0.29, 0.717) is 13.0 Å². The lowest BCUT2D eigenvalue weighted by molar-refractivity contribution is -0.135. The summed E-state index contributed by atoms with van der Waals surface area (Å²) in [5.41, 5.74) is 0. The van der Waals surface area contributed by atoms with Crippen molar-refractivity contribution in [1.29, 1.82) is 0 Å². The number of carbonyl (C=O) groups is 3. The third-order valence-corrected chi connectivity index (χ3v) is 3.25. The minimum atomic E-state index is -0.549. The van der Waals surface area contributed by atoms with Crippen molar-refractivity contribution in [1.82, 2.24) is 4.90 Å². The SMILES string of the molecule is COC(=O)C=CC(=O)CC(C)N1CCCCCC1=O. The summed E-state index contributed by atoms with van der Waals surface area (Å²) in [7, 11) is 1.26. The third kappa shape index (κ3) is 5.24. The summed E-state index contributed by atoms with van der Waals surface area (Å²) < 4.78 is 4.41. The van der Waals surface area contributed by atoms with E-state index in [1.54, 1.807) is 4.90 Å². The van der Waals surface area contributed by atoms with E-state index >= 15 is 0 Å². The van der Waals surface area contributed by atoms with Crippen LogP contribution in [0.4, 0.5) is 0 Å². The highest BCUT2D eigenvalue weighted by atomic mass is 16.5. The molecule has 0 bridgehead atoms. The lowest BCUT2D eigenvalue weighted by Gasteiger charge is -2.27. The number of hydrogen-bond donors (Lipinski definition) is 0. The molecule has 1 rings (SSSR count). The second kappa shape index (κ2) is 7.71. The molecule has 1 amide bonds. The van der Waals surface area contributed by atoms with Gasteiger partial charge in [-0.3, -0.25) is 9.59 Å². The lowest BCUT2D eigenvalue weighted by Crippen LogP contribution is -2.39. The largest absolute Gasteiger partial charge is 0.466 e. The molecule has 0 aromatic carbocycles. The number of methoxy groups -OCH3 is 1. The zero-order chi connectivity index (χ0) is 14.3. The fourth-order valence-electron chi connectivity index (χ4n) is 2.17. The van der Waals surface area contributed by atoms with Gasteiger partial charge in [0.25, 0.3) is 0 Å². The molecule has 1 saturated heterocycles. The maximum atomic E-state index is 11.9. The van der Waals surface area contributed by atoms with Gasteiger partial charge >= 0.3 is 5.97 Å². The fourth-order valence-corrected chi connectivity index (χ4v) is 2.17. The molecule has 1 atom stereocenters. The molecule has 106 valence electrons. The molecule has 0 aromatic rings. The van der Waals surface area contributed by atoms with Gasteiger partial charge in [-0.05, 0) is 25.8 Å². The monoisotopic (exact) mass is 267 g/mol. The molecule has 1 unspecified atom stereocenters. The predicted octanol–water partition coefficient (Wildman–Crippen LogP) is 1.47. The Morgan fingerprint density at radius 3 is 2.74 bits per heavy atom. The van der Waals surface area contributed by atoms with Crippen LogP contribution >= 0.6 is 0 Å². The molecule has 1 heterocycles. The highest BCUT2D eigenvalue weighted by Gasteiger charge is 2.22. The summed E-state index contributed by atoms with van der Waals surface area (Å²) >= 11 is 0. The molecule has 1 fully saturated rings. The van der Waals surface area contributed by atoms with Crippen molar-refractivity contribution in [2.75, 3.05) is 13.7 Å². The molecule has 0 N–H and O–H groups in total. The summed E-state index contributed by atoms with van der Waals surface area (Å²) in [5, 5.41) is 0. The summed E-state index contributed by atoms with van der Waals surface area (Å²) in [6.07, 6.45) is 6.10. The Labute approximate surface area is 113 Å². The van der Waals surface area contributed by atoms with Gasteiger partial charge < -0.3 is 9.64 Å². The highest BCUT2D eigenvalue weighted by Crippen LogP contribution is 2.15. The number of ketones is 1. The van der Waals surface area contributed by atoms with Crippen LogP contribution in [0.1, 0.15) is 39.0 Å². The number of nitrogens with zero attached hydrogens (tertiary/aromatic N) is 1. The fraction of sp³-hybridized carbons (Fsp3) is 0.643. The summed E-state index contributed by atoms with van der Waals surface area (Å²) in [4.78, 5) is 36.2. The van der Waals surface area contributed by atoms with E-state index in [2.05, 4.69) is 4.74 Å². The standard InChI is InChI=1S/C14H21NO4/c1-11(10-12(16)7-8-14(18)19-2)15-9-5-3-4-6-13(15)17/h7-8,11H,3-6,9-10H2,1-2H3. The van der Waals surface area contributed by atoms with Crippen LogP contribution in [0, 0.1) is 0 Å². The number of allylic oxidation sites excluding steroid dienone is 1. The Hall–Kier alpha value is -1.65. The number of carbonyl (C=O) groups excluding carboxylic acids is 3. The van der Waals surface area contributed by atoms with Crippen LogP contribution in [-0.2, 0) is 19.1 Å². The molecular formula is C14H21NO4. The summed E-state index contributed by atoms with van der Waals surface area (Å²) in [6, 6.07) is -0.125. The van der Waals surface area contributed by atoms with Crippen LogP contribution in [-0.4, -0.2) is 42.3 Å². The highest BCUT2D eigenvalue weighted by molar-refractivity contribution is 5.96. The topological polar surface area (TPSA) is 63.7 Å². The van der Waals surface area contributed by atoms with Crippen LogP contribution < -0.4 is 0 Å². The number of ether oxygens (including phenoxy) is 1. The Balaban J connectivity index is 2.50. The number of rotatable bonds is 5. The van der Waals surface area contributed by atoms with Gasteiger partial charge in [-0.2, -0.15) is 0 Å². The van der Waals surface area contributed by atoms with Gasteiger partial charge in [0.1, 0.15) is 0 Å². The molecule has 0 aliphatic carbocycles. The Bertz CT molecular complexity index is 376. The van der Waals surface area contributed by atoms with Crippen molar-refractivity contribution in [2.24, 2.45) is 0 Å². The Morgan fingerprint density at radius 2 is 2.05 bits per heavy atom. The lowest BCUT2D eigenvalue weighted by atomic mass is 10.1. The summed E-state index contributed by atoms with van der Waals surface area (Å²) in [6.45, 7) is 2.58. The molecule has 0 saturated carbocycles. The quantitative estimate of drug-likeness (QED) is 0.559. The molecule has 0 radical (unpaired) electrons. The first kappa shape index (κ1) is 15.4. The number of likely N-dealkylation sites (tertiary alicyclic amines) is 1. The van der Waals surface area contributed by atoms with E-state index in [1.165, 1.54) is 13.2 Å². The Morgan fingerprint density at radius 1 is 1.32 bits per heavy atom. The minimum absolute atomic E-state index is 0.120. The molecular weight excluding hydrogens is 246 g/mol. The van der Waals surface area contributed by atoms with E-state index in [4.69, 9.17) is 0 Å². The smallest absolute Gasteiger partial charge is 0.330 e. The van der Waals surface area contributed by atoms with Crippen molar-refractivity contribution >= 4 is 17.7 Å². The second-order valence-electron chi connectivity index (χ2n) is 4.77. The van der Waals surface area contributed by atoms with Gasteiger partial charge in [0.05, 0.1) is 7.11 Å². The van der Waals surface area contributed by atoms with E-state index in [9.17, 15) is 14.4 Å². The normalized spacial score (nSPS) is 18.2. The first-order chi connectivity index (χ1) is 9.04. The first-order valence-corrected chi connectivity index (χ1v) is 6.63. The van der Waals surface area contributed by atoms with Crippen molar-refractivity contribution in [2.45, 2.75) is 45.1 Å². The molecule has 5 heteroatoms. The van der Waals surface area contributed by atoms with Gasteiger partial charge in [-0.15, -0.1) is 0 Å². The van der Waals surface area contributed by atoms with E-state index < -0.39 is 5.97 Å². The van der Waals surface area contributed by atoms with Crippen molar-refractivity contribution in [3.05, 3.63) is 12.2 Å². The second-order valence-corrected chi connectivity index (χ2v) is 4.77.